The lowest BCUT2D eigenvalue weighted by Crippen LogP contribution is -2.63. The zero-order valence-corrected chi connectivity index (χ0v) is 17.2. The van der Waals surface area contributed by atoms with Crippen LogP contribution in [0.3, 0.4) is 0 Å². The number of hydrogen-bond acceptors (Lipinski definition) is 5. The molecule has 3 saturated carbocycles. The predicted molar refractivity (Wildman–Crippen MR) is 104 cm³/mol. The van der Waals surface area contributed by atoms with E-state index in [0.717, 1.165) is 0 Å². The number of Topliss-reactive ketones (excluding diaryl/α,β-unsaturated/α-hetero) is 2. The summed E-state index contributed by atoms with van der Waals surface area (Å²) in [5.41, 5.74) is -2.69. The van der Waals surface area contributed by atoms with Crippen LogP contribution in [0.1, 0.15) is 40.0 Å². The molecule has 4 aliphatic carbocycles. The monoisotopic (exact) mass is 406 g/mol. The third kappa shape index (κ3) is 2.24. The summed E-state index contributed by atoms with van der Waals surface area (Å²) in [6.45, 7) is 5.63. The molecule has 0 aliphatic heterocycles. The van der Waals surface area contributed by atoms with Crippen molar-refractivity contribution in [3.63, 3.8) is 0 Å². The molecule has 152 valence electrons. The summed E-state index contributed by atoms with van der Waals surface area (Å²) in [7, 11) is 0. The lowest BCUT2D eigenvalue weighted by Gasteiger charge is -2.59. The second-order valence-corrected chi connectivity index (χ2v) is 9.92. The van der Waals surface area contributed by atoms with E-state index in [1.54, 1.807) is 6.08 Å². The molecule has 0 saturated heterocycles. The molecule has 0 spiro atoms. The van der Waals surface area contributed by atoms with E-state index in [1.807, 2.05) is 20.8 Å². The number of ketones is 3. The van der Waals surface area contributed by atoms with Crippen molar-refractivity contribution in [1.29, 1.82) is 0 Å². The molecule has 0 radical (unpaired) electrons. The number of aliphatic hydroxyl groups is 2. The number of hydrogen-bond donors (Lipinski definition) is 2. The van der Waals surface area contributed by atoms with Gasteiger partial charge in [-0.25, -0.2) is 0 Å². The molecular weight excluding hydrogens is 380 g/mol. The van der Waals surface area contributed by atoms with Gasteiger partial charge in [0.1, 0.15) is 5.60 Å². The van der Waals surface area contributed by atoms with Crippen LogP contribution in [0.2, 0.25) is 0 Å². The first-order valence-corrected chi connectivity index (χ1v) is 10.5. The van der Waals surface area contributed by atoms with Crippen molar-refractivity contribution in [2.24, 2.45) is 34.5 Å². The Morgan fingerprint density at radius 2 is 2.00 bits per heavy atom. The van der Waals surface area contributed by atoms with Crippen molar-refractivity contribution in [3.8, 4) is 0 Å². The van der Waals surface area contributed by atoms with E-state index in [2.05, 4.69) is 0 Å². The summed E-state index contributed by atoms with van der Waals surface area (Å²) in [5.74, 6) is -1.75. The first-order valence-electron chi connectivity index (χ1n) is 9.99. The van der Waals surface area contributed by atoms with Gasteiger partial charge in [0.05, 0.1) is 12.0 Å². The van der Waals surface area contributed by atoms with E-state index >= 15 is 0 Å². The standard InChI is InChI=1S/C22H27ClO5/c1-11-6-14-13-8-16(25)15-7-12(24)4-5-20(15,2)19(13)17(26)9-21(14,3)22(11,28)18(27)10-23/h4-5,7,11,13-14,17,19,26,28H,6,8-10H2,1-3H3/t11?,13-,14-,17?,19+,20-,21-,22-/m0/s1. The molecule has 0 amide bonds. The van der Waals surface area contributed by atoms with Crippen LogP contribution < -0.4 is 0 Å². The molecule has 0 bridgehead atoms. The first kappa shape index (κ1) is 20.0. The van der Waals surface area contributed by atoms with E-state index in [9.17, 15) is 24.6 Å². The number of halogens is 1. The highest BCUT2D eigenvalue weighted by Crippen LogP contribution is 2.67. The second-order valence-electron chi connectivity index (χ2n) is 9.65. The fourth-order valence-corrected chi connectivity index (χ4v) is 7.41. The summed E-state index contributed by atoms with van der Waals surface area (Å²) >= 11 is 5.83. The molecule has 0 aromatic rings. The van der Waals surface area contributed by atoms with Gasteiger partial charge < -0.3 is 10.2 Å². The highest BCUT2D eigenvalue weighted by Gasteiger charge is 2.70. The predicted octanol–water partition coefficient (Wildman–Crippen LogP) is 2.23. The van der Waals surface area contributed by atoms with Crippen LogP contribution in [0.25, 0.3) is 0 Å². The molecule has 3 fully saturated rings. The van der Waals surface area contributed by atoms with Crippen LogP contribution in [-0.2, 0) is 14.4 Å². The van der Waals surface area contributed by atoms with Crippen LogP contribution in [-0.4, -0.2) is 45.1 Å². The average Bonchev–Trinajstić information content (AvgIpc) is 2.83. The van der Waals surface area contributed by atoms with Crippen LogP contribution in [0, 0.1) is 34.5 Å². The minimum atomic E-state index is -1.61. The number of alkyl halides is 1. The third-order valence-corrected chi connectivity index (χ3v) is 8.70. The average molecular weight is 407 g/mol. The Bertz CT molecular complexity index is 831. The summed E-state index contributed by atoms with van der Waals surface area (Å²) in [4.78, 5) is 37.5. The molecule has 28 heavy (non-hydrogen) atoms. The molecule has 0 heterocycles. The summed E-state index contributed by atoms with van der Waals surface area (Å²) < 4.78 is 0. The Hall–Kier alpha value is -1.30. The number of carbonyl (C=O) groups excluding carboxylic acids is 3. The number of rotatable bonds is 2. The van der Waals surface area contributed by atoms with E-state index < -0.39 is 28.3 Å². The maximum Gasteiger partial charge on any atom is 0.179 e. The third-order valence-electron chi connectivity index (χ3n) is 8.46. The van der Waals surface area contributed by atoms with Gasteiger partial charge in [-0.15, -0.1) is 11.6 Å². The minimum Gasteiger partial charge on any atom is -0.393 e. The van der Waals surface area contributed by atoms with E-state index in [0.29, 0.717) is 12.0 Å². The molecule has 0 aromatic carbocycles. The summed E-state index contributed by atoms with van der Waals surface area (Å²) in [6, 6.07) is 0. The maximum absolute atomic E-state index is 13.0. The lowest BCUT2D eigenvalue weighted by atomic mass is 9.46. The van der Waals surface area contributed by atoms with Crippen LogP contribution in [0.4, 0.5) is 0 Å². The number of aliphatic hydroxyl groups excluding tert-OH is 1. The smallest absolute Gasteiger partial charge is 0.179 e. The quantitative estimate of drug-likeness (QED) is 0.686. The van der Waals surface area contributed by atoms with E-state index in [1.165, 1.54) is 12.2 Å². The highest BCUT2D eigenvalue weighted by molar-refractivity contribution is 6.29. The Kier molecular flexibility index (Phi) is 4.36. The van der Waals surface area contributed by atoms with Crippen LogP contribution in [0.5, 0.6) is 0 Å². The Labute approximate surface area is 169 Å². The fourth-order valence-electron chi connectivity index (χ4n) is 7.20. The van der Waals surface area contributed by atoms with Gasteiger partial charge in [0.25, 0.3) is 0 Å². The molecule has 4 aliphatic rings. The lowest BCUT2D eigenvalue weighted by molar-refractivity contribution is -0.180. The fraction of sp³-hybridized carbons (Fsp3) is 0.682. The van der Waals surface area contributed by atoms with Crippen molar-refractivity contribution < 1.29 is 24.6 Å². The van der Waals surface area contributed by atoms with E-state index in [-0.39, 0.29) is 54.0 Å². The molecule has 5 nitrogen and oxygen atoms in total. The molecular formula is C22H27ClO5. The van der Waals surface area contributed by atoms with Crippen molar-refractivity contribution in [1.82, 2.24) is 0 Å². The van der Waals surface area contributed by atoms with Crippen LogP contribution >= 0.6 is 11.6 Å². The van der Waals surface area contributed by atoms with Gasteiger partial charge in [-0.1, -0.05) is 26.8 Å². The van der Waals surface area contributed by atoms with Crippen LogP contribution in [0.15, 0.2) is 23.8 Å². The van der Waals surface area contributed by atoms with Gasteiger partial charge in [-0.3, -0.25) is 14.4 Å². The molecule has 8 atom stereocenters. The summed E-state index contributed by atoms with van der Waals surface area (Å²) in [5, 5.41) is 22.7. The largest absolute Gasteiger partial charge is 0.393 e. The van der Waals surface area contributed by atoms with Gasteiger partial charge in [-0.2, -0.15) is 0 Å². The van der Waals surface area contributed by atoms with Gasteiger partial charge in [0, 0.05) is 28.7 Å². The SMILES string of the molecule is CC1C[C@H]2[C@@H]3CC(=O)C4=CC(=O)C=C[C@]4(C)[C@H]3C(O)C[C@]2(C)[C@@]1(O)C(=O)CCl. The van der Waals surface area contributed by atoms with Gasteiger partial charge in [0.15, 0.2) is 17.3 Å². The molecule has 6 heteroatoms. The maximum atomic E-state index is 13.0. The van der Waals surface area contributed by atoms with Gasteiger partial charge in [0.2, 0.25) is 0 Å². The van der Waals surface area contributed by atoms with Crippen molar-refractivity contribution in [2.75, 3.05) is 5.88 Å². The Balaban J connectivity index is 1.82. The minimum absolute atomic E-state index is 0.0790. The van der Waals surface area contributed by atoms with Gasteiger partial charge >= 0.3 is 0 Å². The zero-order valence-electron chi connectivity index (χ0n) is 16.4. The Morgan fingerprint density at radius 3 is 2.64 bits per heavy atom. The Morgan fingerprint density at radius 1 is 1.32 bits per heavy atom. The van der Waals surface area contributed by atoms with E-state index in [4.69, 9.17) is 11.6 Å². The highest BCUT2D eigenvalue weighted by atomic mass is 35.5. The number of allylic oxidation sites excluding steroid dienone is 4. The zero-order chi connectivity index (χ0) is 20.6. The van der Waals surface area contributed by atoms with Crippen molar-refractivity contribution >= 4 is 29.0 Å². The molecule has 2 unspecified atom stereocenters. The number of fused-ring (bicyclic) bond motifs is 5. The van der Waals surface area contributed by atoms with Gasteiger partial charge in [-0.05, 0) is 42.7 Å². The number of carbonyl (C=O) groups is 3. The van der Waals surface area contributed by atoms with Crippen molar-refractivity contribution in [3.05, 3.63) is 23.8 Å². The van der Waals surface area contributed by atoms with Crippen molar-refractivity contribution in [2.45, 2.75) is 51.7 Å². The second kappa shape index (κ2) is 6.10. The molecule has 0 aromatic heterocycles. The summed E-state index contributed by atoms with van der Waals surface area (Å²) in [6.07, 6.45) is 4.94. The first-order chi connectivity index (χ1) is 13.0. The molecule has 2 N–H and O–H groups in total. The molecule has 4 rings (SSSR count). The normalized spacial score (nSPS) is 49.9. The topological polar surface area (TPSA) is 91.7 Å².